The second-order valence-corrected chi connectivity index (χ2v) is 6.11. The third-order valence-corrected chi connectivity index (χ3v) is 3.42. The molecule has 6 heteroatoms. The zero-order valence-corrected chi connectivity index (χ0v) is 14.3. The second kappa shape index (κ2) is 10.2. The summed E-state index contributed by atoms with van der Waals surface area (Å²) in [5.41, 5.74) is 1.09. The molecule has 1 atom stereocenters. The Bertz CT molecular complexity index is 441. The fourth-order valence-electron chi connectivity index (χ4n) is 2.46. The third-order valence-electron chi connectivity index (χ3n) is 3.42. The standard InChI is InChI=1S/C16H31N5O/c1-5-17-16(19-10-15-11-20-21(4)12-15)18-9-14(6-7-22)8-13(2)3/h11-14,22H,5-10H2,1-4H3,(H2,17,18,19). The number of rotatable bonds is 9. The molecule has 0 radical (unpaired) electrons. The number of aromatic nitrogens is 2. The first-order valence-electron chi connectivity index (χ1n) is 8.15. The third kappa shape index (κ3) is 7.45. The van der Waals surface area contributed by atoms with Crippen molar-refractivity contribution in [1.82, 2.24) is 20.4 Å². The average molecular weight is 309 g/mol. The van der Waals surface area contributed by atoms with Gasteiger partial charge in [-0.2, -0.15) is 5.10 Å². The molecular weight excluding hydrogens is 278 g/mol. The predicted octanol–water partition coefficient (Wildman–Crippen LogP) is 1.52. The van der Waals surface area contributed by atoms with Crippen molar-refractivity contribution in [2.24, 2.45) is 23.9 Å². The maximum atomic E-state index is 9.19. The Morgan fingerprint density at radius 2 is 2.18 bits per heavy atom. The van der Waals surface area contributed by atoms with Gasteiger partial charge < -0.3 is 15.7 Å². The minimum absolute atomic E-state index is 0.239. The van der Waals surface area contributed by atoms with Gasteiger partial charge in [0.1, 0.15) is 0 Å². The fourth-order valence-corrected chi connectivity index (χ4v) is 2.46. The summed E-state index contributed by atoms with van der Waals surface area (Å²) in [6.45, 7) is 8.99. The van der Waals surface area contributed by atoms with Gasteiger partial charge in [0, 0.05) is 38.5 Å². The molecular formula is C16H31N5O. The first kappa shape index (κ1) is 18.5. The molecule has 0 saturated heterocycles. The van der Waals surface area contributed by atoms with Gasteiger partial charge in [-0.15, -0.1) is 0 Å². The molecule has 6 nitrogen and oxygen atoms in total. The van der Waals surface area contributed by atoms with Crippen molar-refractivity contribution in [3.63, 3.8) is 0 Å². The zero-order chi connectivity index (χ0) is 16.4. The van der Waals surface area contributed by atoms with Gasteiger partial charge in [0.2, 0.25) is 0 Å². The molecule has 0 saturated carbocycles. The van der Waals surface area contributed by atoms with Crippen molar-refractivity contribution in [2.45, 2.75) is 40.2 Å². The normalized spacial score (nSPS) is 13.5. The van der Waals surface area contributed by atoms with Gasteiger partial charge in [0.05, 0.1) is 12.7 Å². The number of hydrogen-bond donors (Lipinski definition) is 3. The number of aliphatic imine (C=N–C) groups is 1. The predicted molar refractivity (Wildman–Crippen MR) is 90.7 cm³/mol. The Labute approximate surface area is 134 Å². The molecule has 1 aromatic rings. The van der Waals surface area contributed by atoms with Crippen LogP contribution < -0.4 is 10.6 Å². The average Bonchev–Trinajstić information content (AvgIpc) is 2.87. The largest absolute Gasteiger partial charge is 0.396 e. The van der Waals surface area contributed by atoms with Crippen LogP contribution in [-0.4, -0.2) is 40.5 Å². The highest BCUT2D eigenvalue weighted by atomic mass is 16.3. The minimum Gasteiger partial charge on any atom is -0.396 e. The second-order valence-electron chi connectivity index (χ2n) is 6.11. The Morgan fingerprint density at radius 3 is 2.73 bits per heavy atom. The van der Waals surface area contributed by atoms with E-state index in [0.717, 1.165) is 37.5 Å². The molecule has 0 aliphatic carbocycles. The van der Waals surface area contributed by atoms with Gasteiger partial charge in [-0.05, 0) is 31.6 Å². The van der Waals surface area contributed by atoms with Gasteiger partial charge in [-0.25, -0.2) is 4.99 Å². The van der Waals surface area contributed by atoms with Crippen LogP contribution in [0.25, 0.3) is 0 Å². The van der Waals surface area contributed by atoms with Gasteiger partial charge in [-0.3, -0.25) is 4.68 Å². The Hall–Kier alpha value is -1.56. The maximum absolute atomic E-state index is 9.19. The van der Waals surface area contributed by atoms with Crippen LogP contribution in [0.3, 0.4) is 0 Å². The van der Waals surface area contributed by atoms with Gasteiger partial charge >= 0.3 is 0 Å². The molecule has 22 heavy (non-hydrogen) atoms. The number of aryl methyl sites for hydroxylation is 1. The van der Waals surface area contributed by atoms with Crippen molar-refractivity contribution in [1.29, 1.82) is 0 Å². The molecule has 1 unspecified atom stereocenters. The lowest BCUT2D eigenvalue weighted by atomic mass is 9.94. The molecule has 0 bridgehead atoms. The molecule has 126 valence electrons. The van der Waals surface area contributed by atoms with Crippen molar-refractivity contribution in [3.8, 4) is 0 Å². The van der Waals surface area contributed by atoms with Crippen LogP contribution in [0.15, 0.2) is 17.4 Å². The maximum Gasteiger partial charge on any atom is 0.191 e. The molecule has 3 N–H and O–H groups in total. The summed E-state index contributed by atoms with van der Waals surface area (Å²) in [5, 5.41) is 20.0. The van der Waals surface area contributed by atoms with E-state index in [4.69, 9.17) is 0 Å². The summed E-state index contributed by atoms with van der Waals surface area (Å²) in [6.07, 6.45) is 5.74. The van der Waals surface area contributed by atoms with E-state index in [1.54, 1.807) is 4.68 Å². The van der Waals surface area contributed by atoms with E-state index >= 15 is 0 Å². The van der Waals surface area contributed by atoms with Crippen molar-refractivity contribution < 1.29 is 5.11 Å². The summed E-state index contributed by atoms with van der Waals surface area (Å²) in [6, 6.07) is 0. The van der Waals surface area contributed by atoms with Crippen LogP contribution >= 0.6 is 0 Å². The van der Waals surface area contributed by atoms with Crippen molar-refractivity contribution >= 4 is 5.96 Å². The summed E-state index contributed by atoms with van der Waals surface area (Å²) < 4.78 is 1.78. The van der Waals surface area contributed by atoms with E-state index in [-0.39, 0.29) is 6.61 Å². The highest BCUT2D eigenvalue weighted by Crippen LogP contribution is 2.14. The van der Waals surface area contributed by atoms with Crippen LogP contribution in [0, 0.1) is 11.8 Å². The number of guanidine groups is 1. The lowest BCUT2D eigenvalue weighted by Gasteiger charge is -2.20. The van der Waals surface area contributed by atoms with E-state index in [1.807, 2.05) is 19.4 Å². The number of nitrogens with one attached hydrogen (secondary N) is 2. The summed E-state index contributed by atoms with van der Waals surface area (Å²) in [5.74, 6) is 1.92. The summed E-state index contributed by atoms with van der Waals surface area (Å²) >= 11 is 0. The summed E-state index contributed by atoms with van der Waals surface area (Å²) in [7, 11) is 1.90. The van der Waals surface area contributed by atoms with Crippen LogP contribution in [0.4, 0.5) is 0 Å². The Kier molecular flexibility index (Phi) is 8.58. The highest BCUT2D eigenvalue weighted by molar-refractivity contribution is 5.79. The molecule has 0 aliphatic rings. The molecule has 1 rings (SSSR count). The first-order valence-corrected chi connectivity index (χ1v) is 8.15. The molecule has 0 fully saturated rings. The smallest absolute Gasteiger partial charge is 0.191 e. The SMILES string of the molecule is CCNC(=NCc1cnn(C)c1)NCC(CCO)CC(C)C. The Morgan fingerprint density at radius 1 is 1.41 bits per heavy atom. The zero-order valence-electron chi connectivity index (χ0n) is 14.3. The lowest BCUT2D eigenvalue weighted by molar-refractivity contribution is 0.243. The number of aliphatic hydroxyl groups excluding tert-OH is 1. The molecule has 0 aromatic carbocycles. The minimum atomic E-state index is 0.239. The quantitative estimate of drug-likeness (QED) is 0.477. The monoisotopic (exact) mass is 309 g/mol. The molecule has 1 aromatic heterocycles. The van der Waals surface area contributed by atoms with Gasteiger partial charge in [0.15, 0.2) is 5.96 Å². The van der Waals surface area contributed by atoms with E-state index in [0.29, 0.717) is 18.4 Å². The first-order chi connectivity index (χ1) is 10.5. The number of hydrogen-bond acceptors (Lipinski definition) is 3. The van der Waals surface area contributed by atoms with Crippen LogP contribution in [0.1, 0.15) is 39.2 Å². The highest BCUT2D eigenvalue weighted by Gasteiger charge is 2.11. The van der Waals surface area contributed by atoms with Crippen LogP contribution in [0.2, 0.25) is 0 Å². The number of aliphatic hydroxyl groups is 1. The topological polar surface area (TPSA) is 74.5 Å². The molecule has 0 spiro atoms. The van der Waals surface area contributed by atoms with Gasteiger partial charge in [0.25, 0.3) is 0 Å². The lowest BCUT2D eigenvalue weighted by Crippen LogP contribution is -2.40. The number of nitrogens with zero attached hydrogens (tertiary/aromatic N) is 3. The molecule has 1 heterocycles. The fraction of sp³-hybridized carbons (Fsp3) is 0.750. The van der Waals surface area contributed by atoms with Gasteiger partial charge in [-0.1, -0.05) is 13.8 Å². The van der Waals surface area contributed by atoms with E-state index in [1.165, 1.54) is 0 Å². The van der Waals surface area contributed by atoms with Crippen molar-refractivity contribution in [2.75, 3.05) is 19.7 Å². The van der Waals surface area contributed by atoms with E-state index < -0.39 is 0 Å². The Balaban J connectivity index is 2.54. The summed E-state index contributed by atoms with van der Waals surface area (Å²) in [4.78, 5) is 4.59. The van der Waals surface area contributed by atoms with Crippen LogP contribution in [-0.2, 0) is 13.6 Å². The van der Waals surface area contributed by atoms with E-state index in [2.05, 4.69) is 41.5 Å². The molecule has 0 amide bonds. The van der Waals surface area contributed by atoms with Crippen molar-refractivity contribution in [3.05, 3.63) is 18.0 Å². The van der Waals surface area contributed by atoms with Crippen LogP contribution in [0.5, 0.6) is 0 Å². The van der Waals surface area contributed by atoms with E-state index in [9.17, 15) is 5.11 Å². The molecule has 0 aliphatic heterocycles.